The molecule has 0 bridgehead atoms. The Morgan fingerprint density at radius 1 is 1.21 bits per heavy atom. The maximum absolute atomic E-state index is 5.56. The van der Waals surface area contributed by atoms with Gasteiger partial charge in [-0.15, -0.1) is 0 Å². The molecule has 3 aromatic rings. The third kappa shape index (κ3) is 1.80. The van der Waals surface area contributed by atoms with Crippen LogP contribution in [0.15, 0.2) is 30.3 Å². The van der Waals surface area contributed by atoms with Gasteiger partial charge in [0.1, 0.15) is 0 Å². The summed E-state index contributed by atoms with van der Waals surface area (Å²) < 4.78 is 7.55. The summed E-state index contributed by atoms with van der Waals surface area (Å²) in [5.41, 5.74) is 5.22. The van der Waals surface area contributed by atoms with Crippen LogP contribution >= 0.6 is 0 Å². The van der Waals surface area contributed by atoms with Gasteiger partial charge in [-0.05, 0) is 20.8 Å². The highest BCUT2D eigenvalue weighted by atomic mass is 16.5. The van der Waals surface area contributed by atoms with E-state index in [4.69, 9.17) is 9.72 Å². The lowest BCUT2D eigenvalue weighted by Gasteiger charge is -2.01. The van der Waals surface area contributed by atoms with Crippen LogP contribution in [-0.2, 0) is 0 Å². The first-order valence-corrected chi connectivity index (χ1v) is 6.48. The van der Waals surface area contributed by atoms with E-state index in [1.807, 2.05) is 36.6 Å². The minimum absolute atomic E-state index is 0.648. The minimum Gasteiger partial charge on any atom is -0.478 e. The molecular weight excluding hydrogens is 238 g/mol. The van der Waals surface area contributed by atoms with Crippen molar-refractivity contribution >= 4 is 5.65 Å². The molecule has 1 aromatic carbocycles. The Balaban J connectivity index is 2.17. The summed E-state index contributed by atoms with van der Waals surface area (Å²) >= 11 is 0. The van der Waals surface area contributed by atoms with Gasteiger partial charge in [-0.2, -0.15) is 0 Å². The van der Waals surface area contributed by atoms with Crippen molar-refractivity contribution < 1.29 is 4.74 Å². The summed E-state index contributed by atoms with van der Waals surface area (Å²) in [7, 11) is 0. The zero-order chi connectivity index (χ0) is 13.4. The zero-order valence-electron chi connectivity index (χ0n) is 11.4. The van der Waals surface area contributed by atoms with Gasteiger partial charge in [0.05, 0.1) is 23.6 Å². The molecule has 2 heterocycles. The van der Waals surface area contributed by atoms with Gasteiger partial charge in [-0.3, -0.25) is 5.10 Å². The fourth-order valence-corrected chi connectivity index (χ4v) is 2.33. The third-order valence-corrected chi connectivity index (χ3v) is 3.33. The standard InChI is InChI=1S/C15H17N3O/c1-4-19-15-10(2)14-16-13(11(3)18(14)17-15)12-8-6-5-7-9-12/h5-9,17H,4H2,1-3H3. The van der Waals surface area contributed by atoms with Crippen molar-refractivity contribution in [3.05, 3.63) is 41.6 Å². The van der Waals surface area contributed by atoms with Crippen LogP contribution in [0.4, 0.5) is 0 Å². The molecule has 0 atom stereocenters. The number of benzene rings is 1. The van der Waals surface area contributed by atoms with E-state index in [-0.39, 0.29) is 0 Å². The first kappa shape index (κ1) is 11.8. The largest absolute Gasteiger partial charge is 0.478 e. The number of aromatic nitrogens is 3. The van der Waals surface area contributed by atoms with Crippen LogP contribution in [0.25, 0.3) is 16.9 Å². The van der Waals surface area contributed by atoms with Gasteiger partial charge in [-0.1, -0.05) is 30.3 Å². The van der Waals surface area contributed by atoms with Crippen molar-refractivity contribution in [2.24, 2.45) is 0 Å². The highest BCUT2D eigenvalue weighted by Gasteiger charge is 2.16. The zero-order valence-corrected chi connectivity index (χ0v) is 11.4. The second kappa shape index (κ2) is 4.46. The molecule has 4 heteroatoms. The van der Waals surface area contributed by atoms with Gasteiger partial charge < -0.3 is 4.74 Å². The molecule has 0 amide bonds. The number of nitrogens with one attached hydrogen (secondary N) is 1. The SMILES string of the molecule is CCOc1[nH]n2c(C)c(-c3ccccc3)nc2c1C. The first-order valence-electron chi connectivity index (χ1n) is 6.48. The van der Waals surface area contributed by atoms with E-state index in [2.05, 4.69) is 24.2 Å². The molecule has 0 saturated carbocycles. The number of rotatable bonds is 3. The van der Waals surface area contributed by atoms with Gasteiger partial charge in [0.15, 0.2) is 5.65 Å². The highest BCUT2D eigenvalue weighted by molar-refractivity contribution is 5.68. The lowest BCUT2D eigenvalue weighted by Crippen LogP contribution is -1.95. The quantitative estimate of drug-likeness (QED) is 0.780. The van der Waals surface area contributed by atoms with E-state index < -0.39 is 0 Å². The second-order valence-electron chi connectivity index (χ2n) is 4.57. The van der Waals surface area contributed by atoms with Crippen LogP contribution in [0.5, 0.6) is 5.88 Å². The Hall–Kier alpha value is -2.23. The number of H-pyrrole nitrogens is 1. The Kier molecular flexibility index (Phi) is 2.78. The van der Waals surface area contributed by atoms with Crippen LogP contribution in [-0.4, -0.2) is 21.2 Å². The number of nitrogens with zero attached hydrogens (tertiary/aromatic N) is 2. The normalized spacial score (nSPS) is 11.1. The van der Waals surface area contributed by atoms with Crippen molar-refractivity contribution in [2.75, 3.05) is 6.61 Å². The monoisotopic (exact) mass is 255 g/mol. The molecule has 0 radical (unpaired) electrons. The van der Waals surface area contributed by atoms with Crippen molar-refractivity contribution in [1.82, 2.24) is 14.6 Å². The first-order chi connectivity index (χ1) is 9.22. The van der Waals surface area contributed by atoms with Crippen LogP contribution in [0.2, 0.25) is 0 Å². The summed E-state index contributed by atoms with van der Waals surface area (Å²) in [5, 5.41) is 3.26. The van der Waals surface area contributed by atoms with Gasteiger partial charge in [0, 0.05) is 5.56 Å². The average Bonchev–Trinajstić information content (AvgIpc) is 2.91. The number of hydrogen-bond donors (Lipinski definition) is 1. The maximum atomic E-state index is 5.56. The molecule has 98 valence electrons. The molecule has 2 aromatic heterocycles. The van der Waals surface area contributed by atoms with Crippen LogP contribution in [0, 0.1) is 13.8 Å². The molecule has 0 fully saturated rings. The summed E-state index contributed by atoms with van der Waals surface area (Å²) in [4.78, 5) is 4.74. The lowest BCUT2D eigenvalue weighted by molar-refractivity contribution is 0.323. The fraction of sp³-hybridized carbons (Fsp3) is 0.267. The number of aryl methyl sites for hydroxylation is 2. The van der Waals surface area contributed by atoms with Crippen molar-refractivity contribution in [1.29, 1.82) is 0 Å². The number of imidazole rings is 1. The van der Waals surface area contributed by atoms with Gasteiger partial charge in [-0.25, -0.2) is 9.50 Å². The molecule has 0 aliphatic carbocycles. The molecule has 19 heavy (non-hydrogen) atoms. The molecule has 0 unspecified atom stereocenters. The molecule has 4 nitrogen and oxygen atoms in total. The van der Waals surface area contributed by atoms with Crippen LogP contribution in [0.3, 0.4) is 0 Å². The Morgan fingerprint density at radius 2 is 1.95 bits per heavy atom. The van der Waals surface area contributed by atoms with E-state index in [0.717, 1.165) is 34.0 Å². The summed E-state index contributed by atoms with van der Waals surface area (Å²) in [6, 6.07) is 10.2. The van der Waals surface area contributed by atoms with E-state index in [1.165, 1.54) is 0 Å². The number of fused-ring (bicyclic) bond motifs is 1. The Labute approximate surface area is 112 Å². The molecule has 0 saturated heterocycles. The molecule has 3 rings (SSSR count). The predicted molar refractivity (Wildman–Crippen MR) is 75.6 cm³/mol. The van der Waals surface area contributed by atoms with Gasteiger partial charge in [0.25, 0.3) is 0 Å². The number of hydrogen-bond acceptors (Lipinski definition) is 2. The highest BCUT2D eigenvalue weighted by Crippen LogP contribution is 2.28. The van der Waals surface area contributed by atoms with E-state index in [9.17, 15) is 0 Å². The predicted octanol–water partition coefficient (Wildman–Crippen LogP) is 3.34. The average molecular weight is 255 g/mol. The van der Waals surface area contributed by atoms with E-state index >= 15 is 0 Å². The Morgan fingerprint density at radius 3 is 2.58 bits per heavy atom. The molecule has 0 spiro atoms. The molecule has 1 N–H and O–H groups in total. The number of ether oxygens (including phenoxy) is 1. The third-order valence-electron chi connectivity index (χ3n) is 3.33. The molecule has 0 aliphatic heterocycles. The summed E-state index contributed by atoms with van der Waals surface area (Å²) in [6.45, 7) is 6.71. The van der Waals surface area contributed by atoms with Crippen LogP contribution in [0.1, 0.15) is 18.2 Å². The second-order valence-corrected chi connectivity index (χ2v) is 4.57. The topological polar surface area (TPSA) is 42.3 Å². The van der Waals surface area contributed by atoms with Crippen molar-refractivity contribution in [2.45, 2.75) is 20.8 Å². The minimum atomic E-state index is 0.648. The lowest BCUT2D eigenvalue weighted by atomic mass is 10.1. The molecule has 0 aliphatic rings. The van der Waals surface area contributed by atoms with Crippen molar-refractivity contribution in [3.8, 4) is 17.1 Å². The molecular formula is C15H17N3O. The number of aromatic amines is 1. The van der Waals surface area contributed by atoms with E-state index in [0.29, 0.717) is 6.61 Å². The maximum Gasteiger partial charge on any atom is 0.213 e. The van der Waals surface area contributed by atoms with Crippen LogP contribution < -0.4 is 4.74 Å². The Bertz CT molecular complexity index is 710. The van der Waals surface area contributed by atoms with Gasteiger partial charge >= 0.3 is 0 Å². The summed E-state index contributed by atoms with van der Waals surface area (Å²) in [6.07, 6.45) is 0. The summed E-state index contributed by atoms with van der Waals surface area (Å²) in [5.74, 6) is 0.799. The van der Waals surface area contributed by atoms with E-state index in [1.54, 1.807) is 0 Å². The fourth-order valence-electron chi connectivity index (χ4n) is 2.33. The van der Waals surface area contributed by atoms with Gasteiger partial charge in [0.2, 0.25) is 5.88 Å². The smallest absolute Gasteiger partial charge is 0.213 e. The van der Waals surface area contributed by atoms with Crippen molar-refractivity contribution in [3.63, 3.8) is 0 Å².